The van der Waals surface area contributed by atoms with Gasteiger partial charge < -0.3 is 10.5 Å². The zero-order valence-electron chi connectivity index (χ0n) is 8.43. The lowest BCUT2D eigenvalue weighted by atomic mass is 10.3. The Morgan fingerprint density at radius 2 is 2.27 bits per heavy atom. The first-order valence-electron chi connectivity index (χ1n) is 4.63. The van der Waals surface area contributed by atoms with Gasteiger partial charge in [-0.25, -0.2) is 4.98 Å². The van der Waals surface area contributed by atoms with Crippen molar-refractivity contribution in [3.05, 3.63) is 40.2 Å². The minimum absolute atomic E-state index is 0.449. The Morgan fingerprint density at radius 3 is 2.93 bits per heavy atom. The molecule has 0 aromatic carbocycles. The van der Waals surface area contributed by atoms with Crippen LogP contribution in [0.3, 0.4) is 0 Å². The molecular weight excluding hydrogens is 208 g/mol. The minimum Gasteiger partial charge on any atom is -0.485 e. The summed E-state index contributed by atoms with van der Waals surface area (Å²) < 4.78 is 5.56. The number of anilines is 1. The highest BCUT2D eigenvalue weighted by atomic mass is 32.1. The van der Waals surface area contributed by atoms with Gasteiger partial charge in [-0.05, 0) is 41.4 Å². The van der Waals surface area contributed by atoms with Crippen LogP contribution in [0.2, 0.25) is 0 Å². The summed E-state index contributed by atoms with van der Waals surface area (Å²) in [5.74, 6) is 1.09. The van der Waals surface area contributed by atoms with Crippen molar-refractivity contribution in [2.24, 2.45) is 0 Å². The van der Waals surface area contributed by atoms with Gasteiger partial charge in [-0.2, -0.15) is 11.3 Å². The van der Waals surface area contributed by atoms with Crippen molar-refractivity contribution in [2.75, 3.05) is 5.73 Å². The molecule has 0 atom stereocenters. The normalized spacial score (nSPS) is 10.2. The predicted octanol–water partition coefficient (Wildman–Crippen LogP) is 2.61. The van der Waals surface area contributed by atoms with E-state index in [2.05, 4.69) is 10.4 Å². The highest BCUT2D eigenvalue weighted by molar-refractivity contribution is 7.07. The van der Waals surface area contributed by atoms with Gasteiger partial charge >= 0.3 is 0 Å². The van der Waals surface area contributed by atoms with Crippen LogP contribution >= 0.6 is 11.3 Å². The van der Waals surface area contributed by atoms with E-state index in [4.69, 9.17) is 10.5 Å². The number of aryl methyl sites for hydroxylation is 1. The summed E-state index contributed by atoms with van der Waals surface area (Å²) in [5.41, 5.74) is 7.78. The lowest BCUT2D eigenvalue weighted by Gasteiger charge is -2.07. The van der Waals surface area contributed by atoms with Crippen LogP contribution < -0.4 is 10.5 Å². The van der Waals surface area contributed by atoms with Crippen LogP contribution in [0, 0.1) is 6.92 Å². The summed E-state index contributed by atoms with van der Waals surface area (Å²) >= 11 is 1.65. The maximum Gasteiger partial charge on any atom is 0.166 e. The van der Waals surface area contributed by atoms with E-state index in [0.29, 0.717) is 18.2 Å². The second-order valence-electron chi connectivity index (χ2n) is 3.26. The van der Waals surface area contributed by atoms with E-state index in [9.17, 15) is 0 Å². The van der Waals surface area contributed by atoms with Crippen LogP contribution in [0.1, 0.15) is 11.3 Å². The van der Waals surface area contributed by atoms with E-state index in [-0.39, 0.29) is 0 Å². The van der Waals surface area contributed by atoms with Gasteiger partial charge in [0.1, 0.15) is 6.61 Å². The fraction of sp³-hybridized carbons (Fsp3) is 0.182. The van der Waals surface area contributed by atoms with Gasteiger partial charge in [0.05, 0.1) is 0 Å². The quantitative estimate of drug-likeness (QED) is 0.865. The number of rotatable bonds is 3. The van der Waals surface area contributed by atoms with Crippen LogP contribution in [0.5, 0.6) is 5.75 Å². The van der Waals surface area contributed by atoms with Gasteiger partial charge in [0, 0.05) is 5.69 Å². The van der Waals surface area contributed by atoms with Crippen molar-refractivity contribution in [3.8, 4) is 5.75 Å². The molecule has 0 bridgehead atoms. The average Bonchev–Trinajstić information content (AvgIpc) is 2.69. The van der Waals surface area contributed by atoms with E-state index in [1.807, 2.05) is 30.5 Å². The second-order valence-corrected chi connectivity index (χ2v) is 4.04. The molecule has 0 saturated heterocycles. The third kappa shape index (κ3) is 2.47. The molecule has 78 valence electrons. The first-order chi connectivity index (χ1) is 7.25. The fourth-order valence-electron chi connectivity index (χ4n) is 1.22. The van der Waals surface area contributed by atoms with Crippen LogP contribution in [-0.2, 0) is 6.61 Å². The molecular formula is C11H12N2OS. The maximum atomic E-state index is 5.73. The smallest absolute Gasteiger partial charge is 0.166 e. The van der Waals surface area contributed by atoms with Gasteiger partial charge in [-0.15, -0.1) is 0 Å². The molecule has 2 heterocycles. The van der Waals surface area contributed by atoms with Crippen molar-refractivity contribution in [1.82, 2.24) is 4.98 Å². The number of thiophene rings is 1. The number of ether oxygens (including phenoxy) is 1. The molecule has 4 heteroatoms. The Hall–Kier alpha value is -1.55. The van der Waals surface area contributed by atoms with E-state index in [1.54, 1.807) is 11.3 Å². The Morgan fingerprint density at radius 1 is 1.40 bits per heavy atom. The molecule has 0 unspecified atom stereocenters. The van der Waals surface area contributed by atoms with Gasteiger partial charge in [-0.3, -0.25) is 0 Å². The standard InChI is InChI=1S/C11H12N2OS/c1-8-2-3-10(11(12)13-8)14-6-9-4-5-15-7-9/h2-5,7H,6H2,1H3,(H2,12,13). The Balaban J connectivity index is 2.05. The molecule has 0 amide bonds. The predicted molar refractivity (Wildman–Crippen MR) is 62.0 cm³/mol. The van der Waals surface area contributed by atoms with Crippen molar-refractivity contribution in [2.45, 2.75) is 13.5 Å². The molecule has 2 N–H and O–H groups in total. The number of nitrogens with zero attached hydrogens (tertiary/aromatic N) is 1. The third-order valence-electron chi connectivity index (χ3n) is 2.00. The largest absolute Gasteiger partial charge is 0.485 e. The molecule has 2 aromatic rings. The van der Waals surface area contributed by atoms with Gasteiger partial charge in [0.2, 0.25) is 0 Å². The molecule has 0 aliphatic heterocycles. The maximum absolute atomic E-state index is 5.73. The number of hydrogen-bond donors (Lipinski definition) is 1. The summed E-state index contributed by atoms with van der Waals surface area (Å²) in [6, 6.07) is 5.77. The Bertz CT molecular complexity index is 440. The van der Waals surface area contributed by atoms with Crippen LogP contribution in [0.25, 0.3) is 0 Å². The highest BCUT2D eigenvalue weighted by Gasteiger charge is 2.02. The summed E-state index contributed by atoms with van der Waals surface area (Å²) in [4.78, 5) is 4.13. The number of pyridine rings is 1. The summed E-state index contributed by atoms with van der Waals surface area (Å²) in [6.45, 7) is 2.44. The van der Waals surface area contributed by atoms with Crippen LogP contribution in [0.15, 0.2) is 29.0 Å². The summed E-state index contributed by atoms with van der Waals surface area (Å²) in [6.07, 6.45) is 0. The molecule has 15 heavy (non-hydrogen) atoms. The Kier molecular flexibility index (Phi) is 2.87. The first kappa shape index (κ1) is 9.98. The van der Waals surface area contributed by atoms with E-state index in [0.717, 1.165) is 11.3 Å². The Labute approximate surface area is 92.5 Å². The molecule has 2 aromatic heterocycles. The average molecular weight is 220 g/mol. The topological polar surface area (TPSA) is 48.1 Å². The molecule has 2 rings (SSSR count). The number of nitrogens with two attached hydrogens (primary N) is 1. The third-order valence-corrected chi connectivity index (χ3v) is 2.73. The van der Waals surface area contributed by atoms with E-state index >= 15 is 0 Å². The van der Waals surface area contributed by atoms with Gasteiger partial charge in [-0.1, -0.05) is 0 Å². The van der Waals surface area contributed by atoms with Crippen LogP contribution in [-0.4, -0.2) is 4.98 Å². The lowest BCUT2D eigenvalue weighted by molar-refractivity contribution is 0.307. The van der Waals surface area contributed by atoms with Crippen molar-refractivity contribution in [3.63, 3.8) is 0 Å². The van der Waals surface area contributed by atoms with Gasteiger partial charge in [0.25, 0.3) is 0 Å². The fourth-order valence-corrected chi connectivity index (χ4v) is 1.88. The van der Waals surface area contributed by atoms with Crippen molar-refractivity contribution in [1.29, 1.82) is 0 Å². The zero-order chi connectivity index (χ0) is 10.7. The van der Waals surface area contributed by atoms with Gasteiger partial charge in [0.15, 0.2) is 11.6 Å². The van der Waals surface area contributed by atoms with Crippen LogP contribution in [0.4, 0.5) is 5.82 Å². The first-order valence-corrected chi connectivity index (χ1v) is 5.57. The molecule has 3 nitrogen and oxygen atoms in total. The molecule has 0 aliphatic rings. The lowest BCUT2D eigenvalue weighted by Crippen LogP contribution is -2.00. The van der Waals surface area contributed by atoms with E-state index < -0.39 is 0 Å². The molecule has 0 spiro atoms. The highest BCUT2D eigenvalue weighted by Crippen LogP contribution is 2.20. The number of hydrogen-bond acceptors (Lipinski definition) is 4. The number of aromatic nitrogens is 1. The molecule has 0 aliphatic carbocycles. The SMILES string of the molecule is Cc1ccc(OCc2ccsc2)c(N)n1. The molecule has 0 radical (unpaired) electrons. The van der Waals surface area contributed by atoms with E-state index in [1.165, 1.54) is 0 Å². The monoisotopic (exact) mass is 220 g/mol. The zero-order valence-corrected chi connectivity index (χ0v) is 9.25. The minimum atomic E-state index is 0.449. The van der Waals surface area contributed by atoms with Crippen molar-refractivity contribution < 1.29 is 4.74 Å². The molecule has 0 saturated carbocycles. The van der Waals surface area contributed by atoms with Crippen molar-refractivity contribution >= 4 is 17.2 Å². The molecule has 0 fully saturated rings. The summed E-state index contributed by atoms with van der Waals surface area (Å²) in [5, 5.41) is 4.08. The second kappa shape index (κ2) is 4.31. The summed E-state index contributed by atoms with van der Waals surface area (Å²) in [7, 11) is 0. The number of nitrogen functional groups attached to an aromatic ring is 1.